The Balaban J connectivity index is 2.44. The van der Waals surface area contributed by atoms with E-state index < -0.39 is 0 Å². The molecule has 1 heterocycles. The molecule has 0 radical (unpaired) electrons. The standard InChI is InChI=1S/C12H10ClNO/c1-15-11-4-2-3-9(7-11)12-8-10(13)5-6-14-12/h2-8H,1H3. The van der Waals surface area contributed by atoms with Crippen LogP contribution >= 0.6 is 11.6 Å². The molecular formula is C12H10ClNO. The molecule has 0 aliphatic heterocycles. The van der Waals surface area contributed by atoms with Gasteiger partial charge < -0.3 is 4.74 Å². The van der Waals surface area contributed by atoms with Crippen molar-refractivity contribution in [1.29, 1.82) is 0 Å². The Bertz CT molecular complexity index is 471. The number of hydrogen-bond acceptors (Lipinski definition) is 2. The molecule has 15 heavy (non-hydrogen) atoms. The summed E-state index contributed by atoms with van der Waals surface area (Å²) in [5.41, 5.74) is 1.85. The number of benzene rings is 1. The summed E-state index contributed by atoms with van der Waals surface area (Å²) in [6.07, 6.45) is 1.69. The molecule has 1 aromatic heterocycles. The number of halogens is 1. The van der Waals surface area contributed by atoms with E-state index in [0.29, 0.717) is 5.02 Å². The number of rotatable bonds is 2. The van der Waals surface area contributed by atoms with Crippen molar-refractivity contribution in [3.63, 3.8) is 0 Å². The van der Waals surface area contributed by atoms with Gasteiger partial charge >= 0.3 is 0 Å². The second-order valence-electron chi connectivity index (χ2n) is 3.09. The second-order valence-corrected chi connectivity index (χ2v) is 3.53. The zero-order chi connectivity index (χ0) is 10.7. The van der Waals surface area contributed by atoms with Crippen molar-refractivity contribution in [2.24, 2.45) is 0 Å². The van der Waals surface area contributed by atoms with E-state index in [4.69, 9.17) is 16.3 Å². The Kier molecular flexibility index (Phi) is 2.88. The highest BCUT2D eigenvalue weighted by Gasteiger charge is 2.01. The Hall–Kier alpha value is -1.54. The molecule has 1 aromatic carbocycles. The summed E-state index contributed by atoms with van der Waals surface area (Å²) in [5.74, 6) is 0.814. The summed E-state index contributed by atoms with van der Waals surface area (Å²) in [7, 11) is 1.64. The topological polar surface area (TPSA) is 22.1 Å². The predicted octanol–water partition coefficient (Wildman–Crippen LogP) is 3.41. The zero-order valence-corrected chi connectivity index (χ0v) is 9.03. The van der Waals surface area contributed by atoms with Crippen LogP contribution < -0.4 is 4.74 Å². The third kappa shape index (κ3) is 2.28. The van der Waals surface area contributed by atoms with Crippen LogP contribution in [0, 0.1) is 0 Å². The number of aromatic nitrogens is 1. The molecule has 0 aliphatic rings. The van der Waals surface area contributed by atoms with Crippen LogP contribution in [-0.4, -0.2) is 12.1 Å². The molecule has 76 valence electrons. The minimum absolute atomic E-state index is 0.683. The third-order valence-electron chi connectivity index (χ3n) is 2.09. The van der Waals surface area contributed by atoms with Crippen molar-refractivity contribution in [2.45, 2.75) is 0 Å². The third-order valence-corrected chi connectivity index (χ3v) is 2.32. The Morgan fingerprint density at radius 3 is 2.80 bits per heavy atom. The predicted molar refractivity (Wildman–Crippen MR) is 61.2 cm³/mol. The van der Waals surface area contributed by atoms with Gasteiger partial charge in [-0.15, -0.1) is 0 Å². The van der Waals surface area contributed by atoms with Gasteiger partial charge in [0.15, 0.2) is 0 Å². The van der Waals surface area contributed by atoms with Crippen LogP contribution in [0.4, 0.5) is 0 Å². The van der Waals surface area contributed by atoms with E-state index in [9.17, 15) is 0 Å². The van der Waals surface area contributed by atoms with Crippen molar-refractivity contribution in [1.82, 2.24) is 4.98 Å². The molecule has 0 unspecified atom stereocenters. The number of methoxy groups -OCH3 is 1. The van der Waals surface area contributed by atoms with Crippen molar-refractivity contribution in [3.8, 4) is 17.0 Å². The van der Waals surface area contributed by atoms with Crippen molar-refractivity contribution >= 4 is 11.6 Å². The molecule has 0 N–H and O–H groups in total. The molecule has 2 nitrogen and oxygen atoms in total. The Morgan fingerprint density at radius 2 is 2.07 bits per heavy atom. The van der Waals surface area contributed by atoms with Crippen molar-refractivity contribution in [3.05, 3.63) is 47.6 Å². The van der Waals surface area contributed by atoms with Crippen molar-refractivity contribution in [2.75, 3.05) is 7.11 Å². The van der Waals surface area contributed by atoms with Crippen LogP contribution in [0.15, 0.2) is 42.6 Å². The summed E-state index contributed by atoms with van der Waals surface area (Å²) in [5, 5.41) is 0.683. The van der Waals surface area contributed by atoms with Gasteiger partial charge in [-0.2, -0.15) is 0 Å². The average molecular weight is 220 g/mol. The summed E-state index contributed by atoms with van der Waals surface area (Å²) >= 11 is 5.90. The smallest absolute Gasteiger partial charge is 0.119 e. The highest BCUT2D eigenvalue weighted by atomic mass is 35.5. The minimum atomic E-state index is 0.683. The van der Waals surface area contributed by atoms with E-state index in [0.717, 1.165) is 17.0 Å². The number of ether oxygens (including phenoxy) is 1. The van der Waals surface area contributed by atoms with E-state index in [1.54, 1.807) is 19.4 Å². The van der Waals surface area contributed by atoms with Gasteiger partial charge in [0.2, 0.25) is 0 Å². The highest BCUT2D eigenvalue weighted by Crippen LogP contribution is 2.23. The van der Waals surface area contributed by atoms with Gasteiger partial charge in [-0.25, -0.2) is 0 Å². The first-order chi connectivity index (χ1) is 7.29. The molecule has 0 bridgehead atoms. The molecule has 0 saturated carbocycles. The molecule has 2 rings (SSSR count). The number of hydrogen-bond donors (Lipinski definition) is 0. The van der Waals surface area contributed by atoms with Gasteiger partial charge in [-0.1, -0.05) is 23.7 Å². The van der Waals surface area contributed by atoms with E-state index in [1.165, 1.54) is 0 Å². The van der Waals surface area contributed by atoms with Gasteiger partial charge in [-0.05, 0) is 24.3 Å². The van der Waals surface area contributed by atoms with Gasteiger partial charge in [0.05, 0.1) is 12.8 Å². The molecule has 0 spiro atoms. The molecule has 0 aliphatic carbocycles. The molecule has 0 amide bonds. The monoisotopic (exact) mass is 219 g/mol. The summed E-state index contributed by atoms with van der Waals surface area (Å²) in [4.78, 5) is 4.25. The van der Waals surface area contributed by atoms with Gasteiger partial charge in [0, 0.05) is 16.8 Å². The second kappa shape index (κ2) is 4.32. The van der Waals surface area contributed by atoms with Crippen LogP contribution in [0.2, 0.25) is 5.02 Å². The first-order valence-corrected chi connectivity index (χ1v) is 4.93. The molecule has 0 atom stereocenters. The molecule has 0 saturated heterocycles. The van der Waals surface area contributed by atoms with Gasteiger partial charge in [0.1, 0.15) is 5.75 Å². The minimum Gasteiger partial charge on any atom is -0.497 e. The molecule has 2 aromatic rings. The summed E-state index contributed by atoms with van der Waals surface area (Å²) < 4.78 is 5.15. The quantitative estimate of drug-likeness (QED) is 0.772. The first kappa shape index (κ1) is 9.99. The number of nitrogens with zero attached hydrogens (tertiary/aromatic N) is 1. The van der Waals surface area contributed by atoms with Crippen LogP contribution in [0.1, 0.15) is 0 Å². The fraction of sp³-hybridized carbons (Fsp3) is 0.0833. The largest absolute Gasteiger partial charge is 0.497 e. The maximum atomic E-state index is 5.90. The van der Waals surface area contributed by atoms with Crippen LogP contribution in [0.3, 0.4) is 0 Å². The summed E-state index contributed by atoms with van der Waals surface area (Å²) in [6.45, 7) is 0. The summed E-state index contributed by atoms with van der Waals surface area (Å²) in [6, 6.07) is 11.3. The highest BCUT2D eigenvalue weighted by molar-refractivity contribution is 6.30. The fourth-order valence-electron chi connectivity index (χ4n) is 1.35. The molecule has 0 fully saturated rings. The average Bonchev–Trinajstić information content (AvgIpc) is 2.29. The van der Waals surface area contributed by atoms with Crippen LogP contribution in [-0.2, 0) is 0 Å². The lowest BCUT2D eigenvalue weighted by Crippen LogP contribution is -1.85. The Morgan fingerprint density at radius 1 is 1.20 bits per heavy atom. The maximum absolute atomic E-state index is 5.90. The molecule has 3 heteroatoms. The van der Waals surface area contributed by atoms with E-state index in [-0.39, 0.29) is 0 Å². The fourth-order valence-corrected chi connectivity index (χ4v) is 1.50. The van der Waals surface area contributed by atoms with E-state index in [2.05, 4.69) is 4.98 Å². The van der Waals surface area contributed by atoms with E-state index in [1.807, 2.05) is 30.3 Å². The SMILES string of the molecule is COc1cccc(-c2cc(Cl)ccn2)c1. The number of pyridine rings is 1. The first-order valence-electron chi connectivity index (χ1n) is 4.55. The lowest BCUT2D eigenvalue weighted by molar-refractivity contribution is 0.415. The van der Waals surface area contributed by atoms with Crippen molar-refractivity contribution < 1.29 is 4.74 Å². The Labute approximate surface area is 93.5 Å². The van der Waals surface area contributed by atoms with Gasteiger partial charge in [-0.3, -0.25) is 4.98 Å². The zero-order valence-electron chi connectivity index (χ0n) is 8.27. The lowest BCUT2D eigenvalue weighted by Gasteiger charge is -2.03. The molecular weight excluding hydrogens is 210 g/mol. The normalized spacial score (nSPS) is 10.0. The van der Waals surface area contributed by atoms with E-state index >= 15 is 0 Å². The maximum Gasteiger partial charge on any atom is 0.119 e. The van der Waals surface area contributed by atoms with Gasteiger partial charge in [0.25, 0.3) is 0 Å². The van der Waals surface area contributed by atoms with Crippen LogP contribution in [0.5, 0.6) is 5.75 Å². The van der Waals surface area contributed by atoms with Crippen LogP contribution in [0.25, 0.3) is 11.3 Å². The lowest BCUT2D eigenvalue weighted by atomic mass is 10.1.